The summed E-state index contributed by atoms with van der Waals surface area (Å²) in [5.74, 6) is -0.645. The lowest BCUT2D eigenvalue weighted by molar-refractivity contribution is -0.132. The van der Waals surface area contributed by atoms with Crippen molar-refractivity contribution < 1.29 is 14.6 Å². The number of rotatable bonds is 3. The monoisotopic (exact) mass is 232 g/mol. The number of carbonyl (C=O) groups is 1. The molecule has 0 amide bonds. The van der Waals surface area contributed by atoms with Crippen LogP contribution >= 0.6 is 0 Å². The van der Waals surface area contributed by atoms with Crippen molar-refractivity contribution in [2.24, 2.45) is 0 Å². The molecule has 0 aromatic rings. The molecule has 1 aliphatic rings. The van der Waals surface area contributed by atoms with Gasteiger partial charge in [-0.05, 0) is 25.0 Å². The summed E-state index contributed by atoms with van der Waals surface area (Å²) in [6.45, 7) is 5.83. The van der Waals surface area contributed by atoms with E-state index < -0.39 is 5.97 Å². The fourth-order valence-electron chi connectivity index (χ4n) is 1.58. The minimum absolute atomic E-state index is 0.155. The largest absolute Gasteiger partial charge is 0.495 e. The molecule has 0 fully saturated rings. The summed E-state index contributed by atoms with van der Waals surface area (Å²) >= 11 is 0. The Kier molecular flexibility index (Phi) is 4.52. The maximum absolute atomic E-state index is 11.1. The second-order valence-electron chi connectivity index (χ2n) is 3.57. The van der Waals surface area contributed by atoms with E-state index in [1.165, 1.54) is 7.11 Å². The van der Waals surface area contributed by atoms with Crippen molar-refractivity contribution in [3.63, 3.8) is 0 Å². The van der Waals surface area contributed by atoms with Gasteiger partial charge in [0.1, 0.15) is 11.3 Å². The molecule has 0 atom stereocenters. The molecule has 0 aliphatic heterocycles. The van der Waals surface area contributed by atoms with Gasteiger partial charge in [0.25, 0.3) is 0 Å². The van der Waals surface area contributed by atoms with Crippen LogP contribution in [-0.4, -0.2) is 18.2 Å². The molecule has 0 aromatic carbocycles. The summed E-state index contributed by atoms with van der Waals surface area (Å²) in [4.78, 5) is 11.1. The zero-order chi connectivity index (χ0) is 12.8. The highest BCUT2D eigenvalue weighted by atomic mass is 16.5. The lowest BCUT2D eigenvalue weighted by Gasteiger charge is -2.12. The topological polar surface area (TPSA) is 46.5 Å². The van der Waals surface area contributed by atoms with Gasteiger partial charge in [-0.15, -0.1) is 0 Å². The van der Waals surface area contributed by atoms with Gasteiger partial charge in [0.05, 0.1) is 7.11 Å². The normalized spacial score (nSPS) is 18.9. The molecule has 1 N–H and O–H groups in total. The Hall–Kier alpha value is -2.03. The van der Waals surface area contributed by atoms with Crippen LogP contribution < -0.4 is 0 Å². The molecule has 0 unspecified atom stereocenters. The summed E-state index contributed by atoms with van der Waals surface area (Å²) in [5, 5.41) is 9.13. The highest BCUT2D eigenvalue weighted by Crippen LogP contribution is 2.28. The van der Waals surface area contributed by atoms with Gasteiger partial charge in [0.2, 0.25) is 0 Å². The van der Waals surface area contributed by atoms with Gasteiger partial charge in [-0.3, -0.25) is 0 Å². The summed E-state index contributed by atoms with van der Waals surface area (Å²) in [6.07, 6.45) is 9.48. The van der Waals surface area contributed by atoms with Gasteiger partial charge in [0, 0.05) is 5.57 Å². The molecule has 17 heavy (non-hydrogen) atoms. The predicted octanol–water partition coefficient (Wildman–Crippen LogP) is 2.99. The smallest absolute Gasteiger partial charge is 0.339 e. The lowest BCUT2D eigenvalue weighted by atomic mass is 10.0. The first kappa shape index (κ1) is 13.0. The number of ether oxygens (including phenoxy) is 1. The molecule has 0 aromatic heterocycles. The highest BCUT2D eigenvalue weighted by Gasteiger charge is 2.20. The van der Waals surface area contributed by atoms with E-state index in [4.69, 9.17) is 9.84 Å². The number of aliphatic carboxylic acids is 1. The average molecular weight is 232 g/mol. The van der Waals surface area contributed by atoms with Crippen LogP contribution in [-0.2, 0) is 9.53 Å². The molecule has 1 aliphatic carbocycles. The number of allylic oxidation sites excluding steroid dienone is 5. The van der Waals surface area contributed by atoms with Gasteiger partial charge in [-0.25, -0.2) is 4.79 Å². The fourth-order valence-corrected chi connectivity index (χ4v) is 1.58. The molecule has 0 saturated heterocycles. The van der Waals surface area contributed by atoms with Crippen molar-refractivity contribution in [1.82, 2.24) is 0 Å². The first-order valence-corrected chi connectivity index (χ1v) is 5.31. The van der Waals surface area contributed by atoms with Crippen LogP contribution in [0.4, 0.5) is 0 Å². The van der Waals surface area contributed by atoms with Crippen molar-refractivity contribution in [1.29, 1.82) is 0 Å². The first-order valence-electron chi connectivity index (χ1n) is 5.31. The standard InChI is InChI=1S/C14H16O3/c1-4-5-8-11-10(2)7-6-9-12(14(15)16)13(11)17-3/h4-6,8-9H,2,7H2,1,3H3,(H,15,16)/b5-4-,11-8+. The van der Waals surface area contributed by atoms with Crippen molar-refractivity contribution in [2.75, 3.05) is 7.11 Å². The second-order valence-corrected chi connectivity index (χ2v) is 3.57. The number of methoxy groups -OCH3 is 1. The highest BCUT2D eigenvalue weighted by molar-refractivity contribution is 5.92. The third kappa shape index (κ3) is 2.97. The third-order valence-corrected chi connectivity index (χ3v) is 2.41. The maximum Gasteiger partial charge on any atom is 0.339 e. The Labute approximate surface area is 101 Å². The van der Waals surface area contributed by atoms with Crippen molar-refractivity contribution in [2.45, 2.75) is 13.3 Å². The molecule has 3 heteroatoms. The number of hydrogen-bond acceptors (Lipinski definition) is 2. The Balaban J connectivity index is 3.38. The third-order valence-electron chi connectivity index (χ3n) is 2.41. The molecule has 3 nitrogen and oxygen atoms in total. The van der Waals surface area contributed by atoms with E-state index in [1.807, 2.05) is 25.2 Å². The number of carboxylic acids is 1. The van der Waals surface area contributed by atoms with Crippen LogP contribution in [0.1, 0.15) is 13.3 Å². The lowest BCUT2D eigenvalue weighted by Crippen LogP contribution is -2.05. The van der Waals surface area contributed by atoms with Crippen LogP contribution in [0.15, 0.2) is 59.4 Å². The summed E-state index contributed by atoms with van der Waals surface area (Å²) in [7, 11) is 1.47. The van der Waals surface area contributed by atoms with Crippen LogP contribution in [0.2, 0.25) is 0 Å². The van der Waals surface area contributed by atoms with Crippen LogP contribution in [0.5, 0.6) is 0 Å². The molecule has 1 rings (SSSR count). The van der Waals surface area contributed by atoms with Crippen LogP contribution in [0.3, 0.4) is 0 Å². The second kappa shape index (κ2) is 5.89. The molecule has 0 radical (unpaired) electrons. The number of carboxylic acid groups (broad SMARTS) is 1. The minimum Gasteiger partial charge on any atom is -0.495 e. The zero-order valence-electron chi connectivity index (χ0n) is 10.1. The van der Waals surface area contributed by atoms with E-state index in [2.05, 4.69) is 6.58 Å². The Morgan fingerprint density at radius 3 is 2.82 bits per heavy atom. The quantitative estimate of drug-likeness (QED) is 0.813. The van der Waals surface area contributed by atoms with E-state index in [9.17, 15) is 4.79 Å². The average Bonchev–Trinajstić information content (AvgIpc) is 2.45. The van der Waals surface area contributed by atoms with Gasteiger partial charge in [-0.1, -0.05) is 30.9 Å². The zero-order valence-corrected chi connectivity index (χ0v) is 10.1. The maximum atomic E-state index is 11.1. The summed E-state index contributed by atoms with van der Waals surface area (Å²) in [6, 6.07) is 0. The number of hydrogen-bond donors (Lipinski definition) is 1. The fraction of sp³-hybridized carbons (Fsp3) is 0.214. The summed E-state index contributed by atoms with van der Waals surface area (Å²) < 4.78 is 5.21. The molecule has 0 heterocycles. The molecule has 0 spiro atoms. The van der Waals surface area contributed by atoms with Crippen molar-refractivity contribution >= 4 is 5.97 Å². The minimum atomic E-state index is -1.00. The molecular formula is C14H16O3. The van der Waals surface area contributed by atoms with E-state index in [0.29, 0.717) is 12.2 Å². The van der Waals surface area contributed by atoms with E-state index >= 15 is 0 Å². The van der Waals surface area contributed by atoms with E-state index in [1.54, 1.807) is 12.2 Å². The first-order chi connectivity index (χ1) is 8.11. The predicted molar refractivity (Wildman–Crippen MR) is 67.5 cm³/mol. The molecule has 0 bridgehead atoms. The van der Waals surface area contributed by atoms with Gasteiger partial charge in [0.15, 0.2) is 0 Å². The van der Waals surface area contributed by atoms with Gasteiger partial charge < -0.3 is 9.84 Å². The van der Waals surface area contributed by atoms with Gasteiger partial charge >= 0.3 is 5.97 Å². The van der Waals surface area contributed by atoms with Crippen LogP contribution in [0, 0.1) is 0 Å². The summed E-state index contributed by atoms with van der Waals surface area (Å²) in [5.41, 5.74) is 1.72. The molecule has 90 valence electrons. The van der Waals surface area contributed by atoms with E-state index in [0.717, 1.165) is 11.1 Å². The van der Waals surface area contributed by atoms with Crippen molar-refractivity contribution in [3.05, 3.63) is 59.4 Å². The van der Waals surface area contributed by atoms with Gasteiger partial charge in [-0.2, -0.15) is 0 Å². The van der Waals surface area contributed by atoms with Crippen molar-refractivity contribution in [3.8, 4) is 0 Å². The Bertz CT molecular complexity index is 448. The van der Waals surface area contributed by atoms with E-state index in [-0.39, 0.29) is 5.57 Å². The SMILES string of the molecule is C=C1CC=CC(C(=O)O)=C(OC)/C1=C/C=C\C. The molecule has 0 saturated carbocycles. The Morgan fingerprint density at radius 1 is 1.59 bits per heavy atom. The Morgan fingerprint density at radius 2 is 2.29 bits per heavy atom. The van der Waals surface area contributed by atoms with Crippen LogP contribution in [0.25, 0.3) is 0 Å². The molecular weight excluding hydrogens is 216 g/mol.